The van der Waals surface area contributed by atoms with Crippen LogP contribution < -0.4 is 5.32 Å². The van der Waals surface area contributed by atoms with Gasteiger partial charge in [0.05, 0.1) is 11.8 Å². The average Bonchev–Trinajstić information content (AvgIpc) is 3.32. The number of aromatic nitrogens is 3. The van der Waals surface area contributed by atoms with E-state index >= 15 is 0 Å². The lowest BCUT2D eigenvalue weighted by Crippen LogP contribution is -2.28. The molecule has 2 aromatic rings. The van der Waals surface area contributed by atoms with Crippen LogP contribution >= 0.6 is 0 Å². The van der Waals surface area contributed by atoms with Gasteiger partial charge in [-0.15, -0.1) is 0 Å². The van der Waals surface area contributed by atoms with Crippen LogP contribution in [0, 0.1) is 12.8 Å². The summed E-state index contributed by atoms with van der Waals surface area (Å²) in [7, 11) is 3.40. The highest BCUT2D eigenvalue weighted by Gasteiger charge is 2.28. The average molecular weight is 369 g/mol. The van der Waals surface area contributed by atoms with E-state index in [1.807, 2.05) is 13.0 Å². The Morgan fingerprint density at radius 3 is 2.63 bits per heavy atom. The molecule has 3 rings (SSSR count). The van der Waals surface area contributed by atoms with E-state index in [1.54, 1.807) is 37.2 Å². The predicted molar refractivity (Wildman–Crippen MR) is 103 cm³/mol. The zero-order valence-electron chi connectivity index (χ0n) is 16.2. The van der Waals surface area contributed by atoms with E-state index < -0.39 is 6.04 Å². The van der Waals surface area contributed by atoms with Gasteiger partial charge in [-0.2, -0.15) is 5.10 Å². The van der Waals surface area contributed by atoms with Gasteiger partial charge in [0, 0.05) is 26.5 Å². The Morgan fingerprint density at radius 1 is 1.26 bits per heavy atom. The summed E-state index contributed by atoms with van der Waals surface area (Å²) in [4.78, 5) is 30.9. The molecule has 27 heavy (non-hydrogen) atoms. The molecule has 2 heterocycles. The van der Waals surface area contributed by atoms with Crippen LogP contribution in [0.1, 0.15) is 54.1 Å². The first-order chi connectivity index (χ1) is 12.9. The fourth-order valence-electron chi connectivity index (χ4n) is 3.53. The van der Waals surface area contributed by atoms with Crippen LogP contribution in [0.25, 0.3) is 0 Å². The second-order valence-electron chi connectivity index (χ2n) is 7.52. The van der Waals surface area contributed by atoms with E-state index in [4.69, 9.17) is 0 Å². The van der Waals surface area contributed by atoms with E-state index in [-0.39, 0.29) is 11.8 Å². The standard InChI is InChI=1S/C20H27N5O2/c1-14-8-9-18(21-11-14)23-19(26)17(10-15-6-4-5-7-15)25-13-16(12-22-25)20(27)24(2)3/h8-9,11-13,15,17H,4-7,10H2,1-3H3,(H,21,23,26)/t17-/m0/s1. The van der Waals surface area contributed by atoms with Gasteiger partial charge < -0.3 is 10.2 Å². The molecule has 1 fully saturated rings. The van der Waals surface area contributed by atoms with Gasteiger partial charge in [0.2, 0.25) is 5.91 Å². The molecule has 1 aliphatic rings. The normalized spacial score (nSPS) is 15.5. The van der Waals surface area contributed by atoms with Crippen LogP contribution in [-0.2, 0) is 4.79 Å². The van der Waals surface area contributed by atoms with Crippen LogP contribution in [0.3, 0.4) is 0 Å². The Balaban J connectivity index is 1.80. The molecule has 0 aromatic carbocycles. The zero-order valence-corrected chi connectivity index (χ0v) is 16.2. The Bertz CT molecular complexity index is 791. The minimum Gasteiger partial charge on any atom is -0.345 e. The number of amides is 2. The summed E-state index contributed by atoms with van der Waals surface area (Å²) in [6, 6.07) is 3.25. The second kappa shape index (κ2) is 8.33. The summed E-state index contributed by atoms with van der Waals surface area (Å²) < 4.78 is 1.62. The Labute approximate surface area is 159 Å². The second-order valence-corrected chi connectivity index (χ2v) is 7.52. The van der Waals surface area contributed by atoms with Crippen molar-refractivity contribution in [2.24, 2.45) is 5.92 Å². The van der Waals surface area contributed by atoms with Crippen molar-refractivity contribution in [3.05, 3.63) is 41.9 Å². The van der Waals surface area contributed by atoms with E-state index in [2.05, 4.69) is 15.4 Å². The SMILES string of the molecule is Cc1ccc(NC(=O)[C@H](CC2CCCC2)n2cc(C(=O)N(C)C)cn2)nc1. The number of carbonyl (C=O) groups excluding carboxylic acids is 2. The van der Waals surface area contributed by atoms with Gasteiger partial charge in [-0.05, 0) is 30.9 Å². The summed E-state index contributed by atoms with van der Waals surface area (Å²) >= 11 is 0. The van der Waals surface area contributed by atoms with Gasteiger partial charge >= 0.3 is 0 Å². The summed E-state index contributed by atoms with van der Waals surface area (Å²) in [6.07, 6.45) is 10.3. The fraction of sp³-hybridized carbons (Fsp3) is 0.500. The first kappa shape index (κ1) is 19.1. The lowest BCUT2D eigenvalue weighted by molar-refractivity contribution is -0.120. The van der Waals surface area contributed by atoms with E-state index in [0.717, 1.165) is 24.8 Å². The van der Waals surface area contributed by atoms with Crippen molar-refractivity contribution in [1.82, 2.24) is 19.7 Å². The molecule has 0 bridgehead atoms. The van der Waals surface area contributed by atoms with Crippen molar-refractivity contribution in [2.75, 3.05) is 19.4 Å². The van der Waals surface area contributed by atoms with Crippen LogP contribution in [-0.4, -0.2) is 45.6 Å². The summed E-state index contributed by atoms with van der Waals surface area (Å²) in [5, 5.41) is 7.22. The third kappa shape index (κ3) is 4.72. The third-order valence-corrected chi connectivity index (χ3v) is 5.07. The van der Waals surface area contributed by atoms with Crippen molar-refractivity contribution in [3.63, 3.8) is 0 Å². The van der Waals surface area contributed by atoms with Crippen LogP contribution in [0.2, 0.25) is 0 Å². The first-order valence-corrected chi connectivity index (χ1v) is 9.43. The van der Waals surface area contributed by atoms with E-state index in [9.17, 15) is 9.59 Å². The van der Waals surface area contributed by atoms with Gasteiger partial charge in [0.25, 0.3) is 5.91 Å². The molecular weight excluding hydrogens is 342 g/mol. The number of aryl methyl sites for hydroxylation is 1. The van der Waals surface area contributed by atoms with Crippen molar-refractivity contribution < 1.29 is 9.59 Å². The van der Waals surface area contributed by atoms with E-state index in [1.165, 1.54) is 23.9 Å². The Kier molecular flexibility index (Phi) is 5.88. The Hall–Kier alpha value is -2.70. The lowest BCUT2D eigenvalue weighted by Gasteiger charge is -2.20. The molecule has 7 nitrogen and oxygen atoms in total. The number of nitrogens with zero attached hydrogens (tertiary/aromatic N) is 4. The monoisotopic (exact) mass is 369 g/mol. The molecular formula is C20H27N5O2. The molecule has 1 N–H and O–H groups in total. The van der Waals surface area contributed by atoms with Crippen molar-refractivity contribution in [3.8, 4) is 0 Å². The third-order valence-electron chi connectivity index (χ3n) is 5.07. The molecule has 0 unspecified atom stereocenters. The molecule has 1 saturated carbocycles. The lowest BCUT2D eigenvalue weighted by atomic mass is 9.98. The molecule has 7 heteroatoms. The molecule has 0 radical (unpaired) electrons. The molecule has 0 saturated heterocycles. The Morgan fingerprint density at radius 2 is 2.00 bits per heavy atom. The van der Waals surface area contributed by atoms with E-state index in [0.29, 0.717) is 17.3 Å². The highest BCUT2D eigenvalue weighted by atomic mass is 16.2. The largest absolute Gasteiger partial charge is 0.345 e. The quantitative estimate of drug-likeness (QED) is 0.849. The molecule has 0 aliphatic heterocycles. The van der Waals surface area contributed by atoms with Gasteiger partial charge in [-0.25, -0.2) is 4.98 Å². The number of pyridine rings is 1. The van der Waals surface area contributed by atoms with Crippen LogP contribution in [0.4, 0.5) is 5.82 Å². The molecule has 2 aromatic heterocycles. The molecule has 144 valence electrons. The van der Waals surface area contributed by atoms with Gasteiger partial charge in [0.15, 0.2) is 0 Å². The van der Waals surface area contributed by atoms with Gasteiger partial charge in [-0.3, -0.25) is 14.3 Å². The van der Waals surface area contributed by atoms with Crippen LogP contribution in [0.15, 0.2) is 30.7 Å². The summed E-state index contributed by atoms with van der Waals surface area (Å²) in [5.74, 6) is 0.759. The summed E-state index contributed by atoms with van der Waals surface area (Å²) in [6.45, 7) is 1.95. The highest BCUT2D eigenvalue weighted by molar-refractivity contribution is 5.94. The van der Waals surface area contributed by atoms with Gasteiger partial charge in [0.1, 0.15) is 11.9 Å². The first-order valence-electron chi connectivity index (χ1n) is 9.43. The smallest absolute Gasteiger partial charge is 0.256 e. The number of nitrogens with one attached hydrogen (secondary N) is 1. The van der Waals surface area contributed by atoms with Crippen molar-refractivity contribution >= 4 is 17.6 Å². The minimum atomic E-state index is -0.458. The van der Waals surface area contributed by atoms with Crippen LogP contribution in [0.5, 0.6) is 0 Å². The highest BCUT2D eigenvalue weighted by Crippen LogP contribution is 2.32. The maximum absolute atomic E-state index is 13.0. The molecule has 1 atom stereocenters. The van der Waals surface area contributed by atoms with Crippen molar-refractivity contribution in [2.45, 2.75) is 45.1 Å². The zero-order chi connectivity index (χ0) is 19.4. The molecule has 2 amide bonds. The topological polar surface area (TPSA) is 80.1 Å². The van der Waals surface area contributed by atoms with Crippen molar-refractivity contribution in [1.29, 1.82) is 0 Å². The number of anilines is 1. The molecule has 1 aliphatic carbocycles. The number of rotatable bonds is 6. The minimum absolute atomic E-state index is 0.124. The van der Waals surface area contributed by atoms with Gasteiger partial charge in [-0.1, -0.05) is 31.7 Å². The summed E-state index contributed by atoms with van der Waals surface area (Å²) in [5.41, 5.74) is 1.52. The number of hydrogen-bond acceptors (Lipinski definition) is 4. The maximum atomic E-state index is 13.0. The number of hydrogen-bond donors (Lipinski definition) is 1. The molecule has 0 spiro atoms. The maximum Gasteiger partial charge on any atom is 0.256 e. The number of carbonyl (C=O) groups is 2. The fourth-order valence-corrected chi connectivity index (χ4v) is 3.53. The predicted octanol–water partition coefficient (Wildman–Crippen LogP) is 3.05.